The van der Waals surface area contributed by atoms with E-state index in [1.807, 2.05) is 12.1 Å². The molecule has 0 spiro atoms. The Morgan fingerprint density at radius 3 is 2.85 bits per heavy atom. The average Bonchev–Trinajstić information content (AvgIpc) is 3.16. The fourth-order valence-corrected chi connectivity index (χ4v) is 3.77. The molecule has 1 saturated heterocycles. The quantitative estimate of drug-likeness (QED) is 0.384. The lowest BCUT2D eigenvalue weighted by Crippen LogP contribution is -2.36. The van der Waals surface area contributed by atoms with Gasteiger partial charge in [-0.15, -0.1) is 0 Å². The second-order valence-electron chi connectivity index (χ2n) is 5.81. The van der Waals surface area contributed by atoms with Crippen molar-refractivity contribution in [1.82, 2.24) is 4.98 Å². The molecule has 5 heteroatoms. The summed E-state index contributed by atoms with van der Waals surface area (Å²) in [6, 6.07) is 4.27. The zero-order chi connectivity index (χ0) is 13.9. The number of hydrogen-bond acceptors (Lipinski definition) is 4. The minimum atomic E-state index is 0.144. The zero-order valence-electron chi connectivity index (χ0n) is 11.7. The van der Waals surface area contributed by atoms with Crippen LogP contribution in [-0.4, -0.2) is 28.6 Å². The monoisotopic (exact) mass is 274 g/mol. The summed E-state index contributed by atoms with van der Waals surface area (Å²) in [4.78, 5) is 6.88. The van der Waals surface area contributed by atoms with Crippen LogP contribution in [0.5, 0.6) is 0 Å². The van der Waals surface area contributed by atoms with E-state index in [0.717, 1.165) is 23.8 Å². The molecule has 0 radical (unpaired) electrons. The van der Waals surface area contributed by atoms with Gasteiger partial charge in [0.2, 0.25) is 0 Å². The van der Waals surface area contributed by atoms with Gasteiger partial charge in [0.15, 0.2) is 5.84 Å². The standard InChI is InChI=1S/C15H22N4O/c16-14(18-20)12-7-3-9-17-15(12)19-10-4-8-13(19)11-5-1-2-6-11/h3,7,9,11,13,20H,1-2,4-6,8,10H2,(H2,16,18). The smallest absolute Gasteiger partial charge is 0.173 e. The maximum atomic E-state index is 8.95. The van der Waals surface area contributed by atoms with Crippen LogP contribution in [0.1, 0.15) is 44.1 Å². The van der Waals surface area contributed by atoms with Gasteiger partial charge in [-0.1, -0.05) is 18.0 Å². The molecule has 0 amide bonds. The molecule has 3 N–H and O–H groups in total. The normalized spacial score (nSPS) is 24.5. The summed E-state index contributed by atoms with van der Waals surface area (Å²) in [6.45, 7) is 1.02. The number of anilines is 1. The van der Waals surface area contributed by atoms with Crippen LogP contribution in [-0.2, 0) is 0 Å². The van der Waals surface area contributed by atoms with E-state index in [-0.39, 0.29) is 5.84 Å². The molecule has 0 bridgehead atoms. The first kappa shape index (κ1) is 13.2. The van der Waals surface area contributed by atoms with Crippen LogP contribution in [0.25, 0.3) is 0 Å². The molecule has 2 fully saturated rings. The summed E-state index contributed by atoms with van der Waals surface area (Å²) in [6.07, 6.45) is 9.58. The third-order valence-corrected chi connectivity index (χ3v) is 4.69. The Bertz CT molecular complexity index is 496. The molecule has 1 atom stereocenters. The maximum absolute atomic E-state index is 8.95. The van der Waals surface area contributed by atoms with Gasteiger partial charge < -0.3 is 15.8 Å². The molecule has 2 heterocycles. The van der Waals surface area contributed by atoms with Crippen molar-refractivity contribution in [2.45, 2.75) is 44.6 Å². The predicted octanol–water partition coefficient (Wildman–Crippen LogP) is 2.34. The van der Waals surface area contributed by atoms with E-state index >= 15 is 0 Å². The van der Waals surface area contributed by atoms with Gasteiger partial charge in [-0.2, -0.15) is 0 Å². The molecule has 0 aromatic carbocycles. The Morgan fingerprint density at radius 2 is 2.10 bits per heavy atom. The lowest BCUT2D eigenvalue weighted by Gasteiger charge is -2.31. The summed E-state index contributed by atoms with van der Waals surface area (Å²) in [5, 5.41) is 12.1. The fourth-order valence-electron chi connectivity index (χ4n) is 3.77. The molecule has 1 aromatic rings. The maximum Gasteiger partial charge on any atom is 0.173 e. The van der Waals surface area contributed by atoms with Crippen LogP contribution >= 0.6 is 0 Å². The Morgan fingerprint density at radius 1 is 1.30 bits per heavy atom. The largest absolute Gasteiger partial charge is 0.409 e. The van der Waals surface area contributed by atoms with Crippen LogP contribution in [0, 0.1) is 5.92 Å². The molecule has 1 aliphatic carbocycles. The molecule has 1 aliphatic heterocycles. The number of pyridine rings is 1. The molecule has 108 valence electrons. The number of oxime groups is 1. The minimum Gasteiger partial charge on any atom is -0.409 e. The molecule has 1 saturated carbocycles. The number of amidine groups is 1. The lowest BCUT2D eigenvalue weighted by molar-refractivity contribution is 0.318. The van der Waals surface area contributed by atoms with Crippen molar-refractivity contribution in [3.63, 3.8) is 0 Å². The summed E-state index contributed by atoms with van der Waals surface area (Å²) >= 11 is 0. The molecular formula is C15H22N4O. The Balaban J connectivity index is 1.91. The first-order chi connectivity index (χ1) is 9.81. The van der Waals surface area contributed by atoms with Crippen molar-refractivity contribution in [1.29, 1.82) is 0 Å². The molecule has 20 heavy (non-hydrogen) atoms. The number of nitrogens with two attached hydrogens (primary N) is 1. The molecule has 1 unspecified atom stereocenters. The third kappa shape index (κ3) is 2.32. The van der Waals surface area contributed by atoms with Crippen molar-refractivity contribution in [3.05, 3.63) is 23.9 Å². The summed E-state index contributed by atoms with van der Waals surface area (Å²) < 4.78 is 0. The SMILES string of the molecule is NC(=NO)c1cccnc1N1CCCC1C1CCCC1. The van der Waals surface area contributed by atoms with Gasteiger partial charge in [-0.05, 0) is 43.7 Å². The van der Waals surface area contributed by atoms with Crippen LogP contribution in [0.4, 0.5) is 5.82 Å². The molecule has 5 nitrogen and oxygen atoms in total. The average molecular weight is 274 g/mol. The molecule has 3 rings (SSSR count). The third-order valence-electron chi connectivity index (χ3n) is 4.69. The predicted molar refractivity (Wildman–Crippen MR) is 79.1 cm³/mol. The lowest BCUT2D eigenvalue weighted by atomic mass is 9.96. The number of rotatable bonds is 3. The highest BCUT2D eigenvalue weighted by Crippen LogP contribution is 2.37. The van der Waals surface area contributed by atoms with Gasteiger partial charge in [0.25, 0.3) is 0 Å². The minimum absolute atomic E-state index is 0.144. The van der Waals surface area contributed by atoms with E-state index in [9.17, 15) is 0 Å². The number of nitrogens with zero attached hydrogens (tertiary/aromatic N) is 3. The van der Waals surface area contributed by atoms with Gasteiger partial charge in [-0.25, -0.2) is 4.98 Å². The number of aromatic nitrogens is 1. The van der Waals surface area contributed by atoms with Gasteiger partial charge in [-0.3, -0.25) is 0 Å². The van der Waals surface area contributed by atoms with Crippen LogP contribution in [0.2, 0.25) is 0 Å². The molecule has 1 aromatic heterocycles. The van der Waals surface area contributed by atoms with Gasteiger partial charge in [0, 0.05) is 18.8 Å². The second kappa shape index (κ2) is 5.69. The Hall–Kier alpha value is -1.78. The first-order valence-electron chi connectivity index (χ1n) is 7.51. The van der Waals surface area contributed by atoms with E-state index in [1.54, 1.807) is 6.20 Å². The summed E-state index contributed by atoms with van der Waals surface area (Å²) in [7, 11) is 0. The highest BCUT2D eigenvalue weighted by atomic mass is 16.4. The van der Waals surface area contributed by atoms with Gasteiger partial charge in [0.1, 0.15) is 5.82 Å². The van der Waals surface area contributed by atoms with Crippen molar-refractivity contribution in [2.24, 2.45) is 16.8 Å². The highest BCUT2D eigenvalue weighted by Gasteiger charge is 2.35. The fraction of sp³-hybridized carbons (Fsp3) is 0.600. The van der Waals surface area contributed by atoms with E-state index in [1.165, 1.54) is 38.5 Å². The van der Waals surface area contributed by atoms with Crippen LogP contribution in [0.3, 0.4) is 0 Å². The summed E-state index contributed by atoms with van der Waals surface area (Å²) in [5.74, 6) is 1.79. The topological polar surface area (TPSA) is 74.7 Å². The Labute approximate surface area is 119 Å². The molecular weight excluding hydrogens is 252 g/mol. The highest BCUT2D eigenvalue weighted by molar-refractivity contribution is 6.01. The second-order valence-corrected chi connectivity index (χ2v) is 5.81. The van der Waals surface area contributed by atoms with Crippen molar-refractivity contribution in [2.75, 3.05) is 11.4 Å². The van der Waals surface area contributed by atoms with E-state index in [0.29, 0.717) is 6.04 Å². The van der Waals surface area contributed by atoms with Gasteiger partial charge in [0.05, 0.1) is 5.56 Å². The van der Waals surface area contributed by atoms with Crippen LogP contribution < -0.4 is 10.6 Å². The zero-order valence-corrected chi connectivity index (χ0v) is 11.7. The number of hydrogen-bond donors (Lipinski definition) is 2. The summed E-state index contributed by atoms with van der Waals surface area (Å²) in [5.41, 5.74) is 6.53. The van der Waals surface area contributed by atoms with Crippen molar-refractivity contribution < 1.29 is 5.21 Å². The Kier molecular flexibility index (Phi) is 3.76. The van der Waals surface area contributed by atoms with Crippen molar-refractivity contribution >= 4 is 11.7 Å². The van der Waals surface area contributed by atoms with E-state index in [4.69, 9.17) is 10.9 Å². The first-order valence-corrected chi connectivity index (χ1v) is 7.51. The van der Waals surface area contributed by atoms with Gasteiger partial charge >= 0.3 is 0 Å². The van der Waals surface area contributed by atoms with E-state index < -0.39 is 0 Å². The van der Waals surface area contributed by atoms with Crippen molar-refractivity contribution in [3.8, 4) is 0 Å². The molecule has 2 aliphatic rings. The van der Waals surface area contributed by atoms with E-state index in [2.05, 4.69) is 15.0 Å². The van der Waals surface area contributed by atoms with Crippen LogP contribution in [0.15, 0.2) is 23.5 Å².